The Morgan fingerprint density at radius 3 is 2.79 bits per heavy atom. The molecule has 1 aliphatic heterocycles. The average molecular weight is 387 g/mol. The maximum atomic E-state index is 12.6. The van der Waals surface area contributed by atoms with E-state index in [0.29, 0.717) is 11.3 Å². The van der Waals surface area contributed by atoms with Gasteiger partial charge in [0.05, 0.1) is 6.26 Å². The molecule has 2 aromatic heterocycles. The molecule has 7 heteroatoms. The molecule has 0 atom stereocenters. The minimum absolute atomic E-state index is 0.0158. The zero-order valence-electron chi connectivity index (χ0n) is 14.5. The highest BCUT2D eigenvalue weighted by Crippen LogP contribution is 2.36. The third-order valence-electron chi connectivity index (χ3n) is 4.35. The number of rotatable bonds is 4. The zero-order chi connectivity index (χ0) is 18.9. The lowest BCUT2D eigenvalue weighted by molar-refractivity contribution is 0.102. The minimum atomic E-state index is -0.324. The van der Waals surface area contributed by atoms with Gasteiger partial charge < -0.3 is 8.83 Å². The number of aromatic nitrogens is 2. The Hall–Kier alpha value is -3.71. The number of amides is 1. The SMILES string of the molecule is O=C(Nc1nnc(-c2ccco2)o1)c1cccc(-c2ccc3csccc2-3)c1. The Morgan fingerprint density at radius 2 is 1.89 bits per heavy atom. The van der Waals surface area contributed by atoms with Gasteiger partial charge in [-0.2, -0.15) is 11.3 Å². The van der Waals surface area contributed by atoms with Gasteiger partial charge in [-0.05, 0) is 63.3 Å². The van der Waals surface area contributed by atoms with Crippen LogP contribution in [0.15, 0.2) is 80.5 Å². The molecule has 0 saturated heterocycles. The highest BCUT2D eigenvalue weighted by molar-refractivity contribution is 7.07. The predicted molar refractivity (Wildman–Crippen MR) is 106 cm³/mol. The molecular formula is C21H13N3O3S. The van der Waals surface area contributed by atoms with Crippen LogP contribution in [0.5, 0.6) is 0 Å². The summed E-state index contributed by atoms with van der Waals surface area (Å²) in [6.45, 7) is 0. The Balaban J connectivity index is 1.40. The van der Waals surface area contributed by atoms with E-state index in [1.54, 1.807) is 29.5 Å². The normalized spacial score (nSPS) is 11.0. The largest absolute Gasteiger partial charge is 0.459 e. The molecule has 28 heavy (non-hydrogen) atoms. The van der Waals surface area contributed by atoms with Crippen LogP contribution in [0.3, 0.4) is 0 Å². The molecule has 1 N–H and O–H groups in total. The van der Waals surface area contributed by atoms with Gasteiger partial charge in [-0.1, -0.05) is 29.4 Å². The fourth-order valence-electron chi connectivity index (χ4n) is 3.04. The van der Waals surface area contributed by atoms with E-state index >= 15 is 0 Å². The van der Waals surface area contributed by atoms with Crippen LogP contribution in [0, 0.1) is 0 Å². The highest BCUT2D eigenvalue weighted by atomic mass is 32.1. The van der Waals surface area contributed by atoms with Crippen molar-refractivity contribution in [3.8, 4) is 33.9 Å². The van der Waals surface area contributed by atoms with E-state index in [4.69, 9.17) is 8.83 Å². The van der Waals surface area contributed by atoms with Gasteiger partial charge in [0.2, 0.25) is 0 Å². The second-order valence-corrected chi connectivity index (χ2v) is 6.88. The third kappa shape index (κ3) is 2.97. The standard InChI is InChI=1S/C21H13N3O3S/c25-19(22-21-24-23-20(27-21)18-5-2-9-26-18)14-4-1-3-13(11-14)16-7-6-15-12-28-10-8-17(15)16/h1-12H,(H,22,24,25). The molecular weight excluding hydrogens is 374 g/mol. The van der Waals surface area contributed by atoms with Crippen molar-refractivity contribution in [3.05, 3.63) is 77.2 Å². The van der Waals surface area contributed by atoms with Crippen LogP contribution in [0.4, 0.5) is 6.01 Å². The summed E-state index contributed by atoms with van der Waals surface area (Å²) in [6.07, 6.45) is 1.51. The number of benzene rings is 1. The molecule has 136 valence electrons. The number of carbonyl (C=O) groups excluding carboxylic acids is 1. The number of nitrogens with zero attached hydrogens (tertiary/aromatic N) is 2. The van der Waals surface area contributed by atoms with E-state index in [2.05, 4.69) is 44.5 Å². The summed E-state index contributed by atoms with van der Waals surface area (Å²) in [5.41, 5.74) is 4.92. The van der Waals surface area contributed by atoms with Crippen molar-refractivity contribution in [1.82, 2.24) is 10.2 Å². The van der Waals surface area contributed by atoms with E-state index in [0.717, 1.165) is 16.7 Å². The molecule has 5 rings (SSSR count). The van der Waals surface area contributed by atoms with E-state index in [1.165, 1.54) is 11.8 Å². The molecule has 0 spiro atoms. The minimum Gasteiger partial charge on any atom is -0.459 e. The smallest absolute Gasteiger partial charge is 0.322 e. The summed E-state index contributed by atoms with van der Waals surface area (Å²) in [6, 6.07) is 17.1. The first-order valence-electron chi connectivity index (χ1n) is 8.52. The first-order valence-corrected chi connectivity index (χ1v) is 9.46. The van der Waals surface area contributed by atoms with Gasteiger partial charge >= 0.3 is 6.01 Å². The van der Waals surface area contributed by atoms with Crippen LogP contribution in [0.25, 0.3) is 33.9 Å². The van der Waals surface area contributed by atoms with Gasteiger partial charge in [0.1, 0.15) is 0 Å². The molecule has 1 aliphatic carbocycles. The molecule has 0 fully saturated rings. The monoisotopic (exact) mass is 387 g/mol. The maximum Gasteiger partial charge on any atom is 0.322 e. The molecule has 0 radical (unpaired) electrons. The highest BCUT2D eigenvalue weighted by Gasteiger charge is 2.16. The van der Waals surface area contributed by atoms with Crippen LogP contribution >= 0.6 is 11.3 Å². The first kappa shape index (κ1) is 16.5. The van der Waals surface area contributed by atoms with Crippen LogP contribution < -0.4 is 5.32 Å². The van der Waals surface area contributed by atoms with Gasteiger partial charge in [-0.3, -0.25) is 10.1 Å². The Bertz CT molecular complexity index is 1220. The van der Waals surface area contributed by atoms with Crippen molar-refractivity contribution in [2.45, 2.75) is 0 Å². The predicted octanol–water partition coefficient (Wildman–Crippen LogP) is 5.42. The van der Waals surface area contributed by atoms with Crippen LogP contribution in [0.2, 0.25) is 0 Å². The van der Waals surface area contributed by atoms with Gasteiger partial charge in [0.25, 0.3) is 11.8 Å². The molecule has 1 aromatic carbocycles. The Labute approximate surface area is 163 Å². The summed E-state index contributed by atoms with van der Waals surface area (Å²) in [4.78, 5) is 12.6. The molecule has 2 aliphatic rings. The topological polar surface area (TPSA) is 81.2 Å². The maximum absolute atomic E-state index is 12.6. The van der Waals surface area contributed by atoms with Crippen molar-refractivity contribution >= 4 is 23.3 Å². The average Bonchev–Trinajstić information content (AvgIpc) is 3.48. The third-order valence-corrected chi connectivity index (χ3v) is 5.04. The van der Waals surface area contributed by atoms with E-state index in [9.17, 15) is 4.79 Å². The molecule has 0 saturated carbocycles. The van der Waals surface area contributed by atoms with E-state index < -0.39 is 0 Å². The number of nitrogens with one attached hydrogen (secondary N) is 1. The fourth-order valence-corrected chi connectivity index (χ4v) is 3.68. The lowest BCUT2D eigenvalue weighted by atomic mass is 10.0. The van der Waals surface area contributed by atoms with Gasteiger partial charge in [-0.25, -0.2) is 0 Å². The van der Waals surface area contributed by atoms with Crippen LogP contribution in [-0.4, -0.2) is 16.1 Å². The first-order chi connectivity index (χ1) is 13.8. The van der Waals surface area contributed by atoms with Crippen molar-refractivity contribution in [1.29, 1.82) is 0 Å². The molecule has 1 amide bonds. The number of fused-ring (bicyclic) bond motifs is 1. The van der Waals surface area contributed by atoms with Crippen molar-refractivity contribution in [2.75, 3.05) is 5.32 Å². The summed E-state index contributed by atoms with van der Waals surface area (Å²) in [5, 5.41) is 14.5. The second-order valence-electron chi connectivity index (χ2n) is 6.10. The second kappa shape index (κ2) is 6.79. The number of hydrogen-bond donors (Lipinski definition) is 1. The molecule has 3 aromatic rings. The van der Waals surface area contributed by atoms with E-state index in [-0.39, 0.29) is 17.8 Å². The molecule has 0 bridgehead atoms. The van der Waals surface area contributed by atoms with Gasteiger partial charge in [-0.15, -0.1) is 5.10 Å². The number of carbonyl (C=O) groups is 1. The summed E-state index contributed by atoms with van der Waals surface area (Å²) < 4.78 is 10.6. The molecule has 0 unspecified atom stereocenters. The van der Waals surface area contributed by atoms with Crippen LogP contribution in [0.1, 0.15) is 10.4 Å². The Morgan fingerprint density at radius 1 is 0.964 bits per heavy atom. The van der Waals surface area contributed by atoms with E-state index in [1.807, 2.05) is 18.2 Å². The Kier molecular flexibility index (Phi) is 3.99. The summed E-state index contributed by atoms with van der Waals surface area (Å²) in [5.74, 6) is 0.326. The van der Waals surface area contributed by atoms with Crippen molar-refractivity contribution in [3.63, 3.8) is 0 Å². The van der Waals surface area contributed by atoms with Crippen LogP contribution in [-0.2, 0) is 0 Å². The fraction of sp³-hybridized carbons (Fsp3) is 0. The van der Waals surface area contributed by atoms with Crippen molar-refractivity contribution in [2.24, 2.45) is 0 Å². The number of anilines is 1. The quantitative estimate of drug-likeness (QED) is 0.446. The number of furan rings is 1. The van der Waals surface area contributed by atoms with Crippen molar-refractivity contribution < 1.29 is 13.6 Å². The van der Waals surface area contributed by atoms with Gasteiger partial charge in [0, 0.05) is 5.56 Å². The summed E-state index contributed by atoms with van der Waals surface area (Å²) >= 11 is 1.66. The van der Waals surface area contributed by atoms with Gasteiger partial charge in [0.15, 0.2) is 5.76 Å². The molecule has 6 nitrogen and oxygen atoms in total. The lowest BCUT2D eigenvalue weighted by Crippen LogP contribution is -2.12. The zero-order valence-corrected chi connectivity index (χ0v) is 15.3. The lowest BCUT2D eigenvalue weighted by Gasteiger charge is -2.06. The summed E-state index contributed by atoms with van der Waals surface area (Å²) in [7, 11) is 0. The molecule has 3 heterocycles. The number of hydrogen-bond acceptors (Lipinski definition) is 6.